The van der Waals surface area contributed by atoms with Crippen molar-refractivity contribution in [3.05, 3.63) is 29.8 Å². The molecule has 3 nitrogen and oxygen atoms in total. The number of hydrogen-bond acceptors (Lipinski definition) is 3. The van der Waals surface area contributed by atoms with Gasteiger partial charge >= 0.3 is 0 Å². The van der Waals surface area contributed by atoms with E-state index in [0.717, 1.165) is 37.5 Å². The maximum absolute atomic E-state index is 5.00. The van der Waals surface area contributed by atoms with E-state index in [-0.39, 0.29) is 0 Å². The molecule has 0 atom stereocenters. The van der Waals surface area contributed by atoms with Crippen LogP contribution >= 0.6 is 15.9 Å². The van der Waals surface area contributed by atoms with Gasteiger partial charge in [-0.25, -0.2) is 0 Å². The van der Waals surface area contributed by atoms with E-state index < -0.39 is 0 Å². The summed E-state index contributed by atoms with van der Waals surface area (Å²) in [5, 5.41) is 0.900. The molecule has 0 saturated carbocycles. The molecule has 0 aromatic heterocycles. The van der Waals surface area contributed by atoms with Crippen molar-refractivity contribution in [2.24, 2.45) is 0 Å². The lowest BCUT2D eigenvalue weighted by atomic mass is 10.2. The molecular formula is C14H23BrO3. The standard InChI is InChI=1S/C8H9BrO.C4H8O2.C2H6/c1-10-8-4-2-7(6-9)3-5-8;1-2-6-4-3-5-1;1-2/h2-5H,6H2,1H3;1-4H2;1-2H3. The number of rotatable bonds is 2. The molecule has 104 valence electrons. The molecule has 2 rings (SSSR count). The van der Waals surface area contributed by atoms with Gasteiger partial charge in [-0.2, -0.15) is 0 Å². The SMILES string of the molecule is C1COCCO1.CC.COc1ccc(CBr)cc1. The molecule has 0 spiro atoms. The summed E-state index contributed by atoms with van der Waals surface area (Å²) in [6, 6.07) is 7.98. The van der Waals surface area contributed by atoms with Gasteiger partial charge in [0.15, 0.2) is 0 Å². The van der Waals surface area contributed by atoms with Crippen LogP contribution in [0.4, 0.5) is 0 Å². The predicted molar refractivity (Wildman–Crippen MR) is 78.6 cm³/mol. The number of alkyl halides is 1. The van der Waals surface area contributed by atoms with Crippen LogP contribution in [-0.2, 0) is 14.8 Å². The van der Waals surface area contributed by atoms with E-state index in [4.69, 9.17) is 14.2 Å². The molecule has 1 aromatic rings. The number of halogens is 1. The van der Waals surface area contributed by atoms with Gasteiger partial charge < -0.3 is 14.2 Å². The summed E-state index contributed by atoms with van der Waals surface area (Å²) in [5.74, 6) is 0.907. The zero-order valence-electron chi connectivity index (χ0n) is 11.4. The molecule has 0 amide bonds. The van der Waals surface area contributed by atoms with Crippen molar-refractivity contribution < 1.29 is 14.2 Å². The first kappa shape index (κ1) is 17.4. The van der Waals surface area contributed by atoms with Gasteiger partial charge in [0.25, 0.3) is 0 Å². The molecule has 0 aliphatic carbocycles. The molecule has 0 unspecified atom stereocenters. The highest BCUT2D eigenvalue weighted by Crippen LogP contribution is 2.12. The highest BCUT2D eigenvalue weighted by Gasteiger charge is 1.94. The highest BCUT2D eigenvalue weighted by molar-refractivity contribution is 9.08. The van der Waals surface area contributed by atoms with Gasteiger partial charge in [-0.05, 0) is 17.7 Å². The third kappa shape index (κ3) is 8.50. The maximum Gasteiger partial charge on any atom is 0.118 e. The Labute approximate surface area is 119 Å². The zero-order chi connectivity index (χ0) is 13.6. The Morgan fingerprint density at radius 1 is 1.00 bits per heavy atom. The number of hydrogen-bond donors (Lipinski definition) is 0. The minimum absolute atomic E-state index is 0.778. The van der Waals surface area contributed by atoms with Crippen molar-refractivity contribution in [3.63, 3.8) is 0 Å². The van der Waals surface area contributed by atoms with Gasteiger partial charge in [-0.3, -0.25) is 0 Å². The fourth-order valence-corrected chi connectivity index (χ4v) is 1.53. The second-order valence-corrected chi connectivity index (χ2v) is 3.77. The molecule has 1 heterocycles. The van der Waals surface area contributed by atoms with Crippen molar-refractivity contribution in [1.29, 1.82) is 0 Å². The fraction of sp³-hybridized carbons (Fsp3) is 0.571. The first-order valence-corrected chi connectivity index (χ1v) is 7.33. The average Bonchev–Trinajstić information content (AvgIpc) is 2.52. The minimum Gasteiger partial charge on any atom is -0.497 e. The number of benzene rings is 1. The Bertz CT molecular complexity index is 236. The van der Waals surface area contributed by atoms with E-state index >= 15 is 0 Å². The summed E-state index contributed by atoms with van der Waals surface area (Å²) in [7, 11) is 1.67. The van der Waals surface area contributed by atoms with Crippen LogP contribution < -0.4 is 4.74 Å². The number of methoxy groups -OCH3 is 1. The lowest BCUT2D eigenvalue weighted by molar-refractivity contribution is -0.0334. The summed E-state index contributed by atoms with van der Waals surface area (Å²) in [6.07, 6.45) is 0. The lowest BCUT2D eigenvalue weighted by Gasteiger charge is -2.09. The van der Waals surface area contributed by atoms with E-state index in [1.165, 1.54) is 5.56 Å². The molecule has 4 heteroatoms. The monoisotopic (exact) mass is 318 g/mol. The van der Waals surface area contributed by atoms with Crippen LogP contribution in [0, 0.1) is 0 Å². The first-order chi connectivity index (χ1) is 8.86. The van der Waals surface area contributed by atoms with Crippen LogP contribution in [0.3, 0.4) is 0 Å². The van der Waals surface area contributed by atoms with E-state index in [2.05, 4.69) is 15.9 Å². The number of ether oxygens (including phenoxy) is 3. The maximum atomic E-state index is 5.00. The van der Waals surface area contributed by atoms with Crippen LogP contribution in [0.5, 0.6) is 5.75 Å². The lowest BCUT2D eigenvalue weighted by Crippen LogP contribution is -2.16. The van der Waals surface area contributed by atoms with Gasteiger partial charge in [0.05, 0.1) is 33.5 Å². The Balaban J connectivity index is 0.000000308. The minimum atomic E-state index is 0.778. The van der Waals surface area contributed by atoms with Crippen LogP contribution in [-0.4, -0.2) is 33.5 Å². The van der Waals surface area contributed by atoms with Crippen molar-refractivity contribution in [2.45, 2.75) is 19.2 Å². The third-order valence-electron chi connectivity index (χ3n) is 2.06. The summed E-state index contributed by atoms with van der Waals surface area (Å²) in [4.78, 5) is 0. The molecule has 1 aliphatic heterocycles. The van der Waals surface area contributed by atoms with Gasteiger partial charge in [0.2, 0.25) is 0 Å². The van der Waals surface area contributed by atoms with Crippen LogP contribution in [0.25, 0.3) is 0 Å². The van der Waals surface area contributed by atoms with E-state index in [9.17, 15) is 0 Å². The topological polar surface area (TPSA) is 27.7 Å². The van der Waals surface area contributed by atoms with Gasteiger partial charge in [-0.1, -0.05) is 41.9 Å². The Morgan fingerprint density at radius 3 is 1.72 bits per heavy atom. The third-order valence-corrected chi connectivity index (χ3v) is 2.70. The normalized spacial score (nSPS) is 13.6. The van der Waals surface area contributed by atoms with Gasteiger partial charge in [0.1, 0.15) is 5.75 Å². The molecule has 18 heavy (non-hydrogen) atoms. The van der Waals surface area contributed by atoms with Crippen molar-refractivity contribution >= 4 is 15.9 Å². The zero-order valence-corrected chi connectivity index (χ0v) is 13.0. The molecule has 1 aliphatic rings. The smallest absolute Gasteiger partial charge is 0.118 e. The van der Waals surface area contributed by atoms with Crippen LogP contribution in [0.1, 0.15) is 19.4 Å². The van der Waals surface area contributed by atoms with Gasteiger partial charge in [0, 0.05) is 5.33 Å². The van der Waals surface area contributed by atoms with E-state index in [1.807, 2.05) is 38.1 Å². The summed E-state index contributed by atoms with van der Waals surface area (Å²) in [6.45, 7) is 7.11. The quantitative estimate of drug-likeness (QED) is 0.779. The molecule has 0 radical (unpaired) electrons. The Morgan fingerprint density at radius 2 is 1.44 bits per heavy atom. The van der Waals surface area contributed by atoms with E-state index in [1.54, 1.807) is 7.11 Å². The first-order valence-electron chi connectivity index (χ1n) is 6.21. The molecule has 1 saturated heterocycles. The molecule has 0 N–H and O–H groups in total. The average molecular weight is 319 g/mol. The highest BCUT2D eigenvalue weighted by atomic mass is 79.9. The summed E-state index contributed by atoms with van der Waals surface area (Å²) >= 11 is 3.36. The van der Waals surface area contributed by atoms with Gasteiger partial charge in [-0.15, -0.1) is 0 Å². The second kappa shape index (κ2) is 12.9. The van der Waals surface area contributed by atoms with Crippen molar-refractivity contribution in [1.82, 2.24) is 0 Å². The fourth-order valence-electron chi connectivity index (χ4n) is 1.15. The summed E-state index contributed by atoms with van der Waals surface area (Å²) < 4.78 is 14.9. The molecule has 0 bridgehead atoms. The molecule has 1 fully saturated rings. The Kier molecular flexibility index (Phi) is 12.5. The second-order valence-electron chi connectivity index (χ2n) is 3.21. The van der Waals surface area contributed by atoms with Crippen molar-refractivity contribution in [3.8, 4) is 5.75 Å². The summed E-state index contributed by atoms with van der Waals surface area (Å²) in [5.41, 5.74) is 1.26. The largest absolute Gasteiger partial charge is 0.497 e. The molecule has 1 aromatic carbocycles. The Hall–Kier alpha value is -0.580. The molecular weight excluding hydrogens is 296 g/mol. The van der Waals surface area contributed by atoms with Crippen LogP contribution in [0.2, 0.25) is 0 Å². The predicted octanol–water partition coefficient (Wildman–Crippen LogP) is 3.65. The van der Waals surface area contributed by atoms with E-state index in [0.29, 0.717) is 0 Å². The van der Waals surface area contributed by atoms with Crippen molar-refractivity contribution in [2.75, 3.05) is 33.5 Å². The van der Waals surface area contributed by atoms with Crippen LogP contribution in [0.15, 0.2) is 24.3 Å².